The van der Waals surface area contributed by atoms with Crippen molar-refractivity contribution in [1.29, 1.82) is 0 Å². The molecule has 1 aromatic heterocycles. The Labute approximate surface area is 90.1 Å². The molecule has 1 rings (SSSR count). The van der Waals surface area contributed by atoms with Gasteiger partial charge in [0.05, 0.1) is 18.8 Å². The molecule has 0 aliphatic rings. The lowest BCUT2D eigenvalue weighted by Crippen LogP contribution is -2.12. The summed E-state index contributed by atoms with van der Waals surface area (Å²) < 4.78 is 0. The van der Waals surface area contributed by atoms with Gasteiger partial charge in [0, 0.05) is 19.0 Å². The van der Waals surface area contributed by atoms with Crippen LogP contribution in [0.2, 0.25) is 0 Å². The lowest BCUT2D eigenvalue weighted by molar-refractivity contribution is 0.307. The van der Waals surface area contributed by atoms with Gasteiger partial charge in [0.15, 0.2) is 0 Å². The molecule has 2 N–H and O–H groups in total. The van der Waals surface area contributed by atoms with Crippen molar-refractivity contribution in [1.82, 2.24) is 10.3 Å². The minimum absolute atomic E-state index is 0.0891. The zero-order chi connectivity index (χ0) is 10.9. The third-order valence-electron chi connectivity index (χ3n) is 1.87. The van der Waals surface area contributed by atoms with E-state index in [1.165, 1.54) is 0 Å². The molecule has 0 spiro atoms. The van der Waals surface area contributed by atoms with Gasteiger partial charge < -0.3 is 10.4 Å². The molecule has 0 amide bonds. The Morgan fingerprint density at radius 1 is 1.60 bits per heavy atom. The van der Waals surface area contributed by atoms with Crippen molar-refractivity contribution in [3.63, 3.8) is 0 Å². The molecule has 15 heavy (non-hydrogen) atoms. The summed E-state index contributed by atoms with van der Waals surface area (Å²) in [5.74, 6) is 0. The fourth-order valence-corrected chi connectivity index (χ4v) is 1.15. The molecule has 0 saturated carbocycles. The summed E-state index contributed by atoms with van der Waals surface area (Å²) in [4.78, 5) is 8.29. The van der Waals surface area contributed by atoms with Gasteiger partial charge >= 0.3 is 0 Å². The molecule has 0 saturated heterocycles. The van der Waals surface area contributed by atoms with E-state index in [1.54, 1.807) is 12.4 Å². The molecule has 4 nitrogen and oxygen atoms in total. The Morgan fingerprint density at radius 3 is 3.20 bits per heavy atom. The van der Waals surface area contributed by atoms with Crippen LogP contribution in [-0.4, -0.2) is 36.0 Å². The van der Waals surface area contributed by atoms with Crippen LogP contribution in [0.15, 0.2) is 23.3 Å². The Hall–Kier alpha value is -1.26. The number of aliphatic hydroxyl groups excluding tert-OH is 1. The summed E-state index contributed by atoms with van der Waals surface area (Å²) in [6.45, 7) is 4.31. The summed E-state index contributed by atoms with van der Waals surface area (Å²) in [6, 6.07) is 3.89. The van der Waals surface area contributed by atoms with E-state index in [4.69, 9.17) is 5.11 Å². The summed E-state index contributed by atoms with van der Waals surface area (Å²) in [6.07, 6.45) is 3.53. The van der Waals surface area contributed by atoms with Crippen LogP contribution < -0.4 is 5.32 Å². The van der Waals surface area contributed by atoms with Gasteiger partial charge in [-0.25, -0.2) is 0 Å². The molecular formula is C11H17N3O. The van der Waals surface area contributed by atoms with E-state index in [2.05, 4.69) is 22.2 Å². The number of rotatable bonds is 6. The van der Waals surface area contributed by atoms with E-state index >= 15 is 0 Å². The van der Waals surface area contributed by atoms with Crippen molar-refractivity contribution in [2.24, 2.45) is 4.99 Å². The number of nitrogens with zero attached hydrogens (tertiary/aromatic N) is 2. The molecule has 0 atom stereocenters. The van der Waals surface area contributed by atoms with E-state index < -0.39 is 0 Å². The first-order valence-corrected chi connectivity index (χ1v) is 5.13. The maximum absolute atomic E-state index is 8.58. The highest BCUT2D eigenvalue weighted by molar-refractivity contribution is 5.79. The Morgan fingerprint density at radius 2 is 2.47 bits per heavy atom. The highest BCUT2D eigenvalue weighted by atomic mass is 16.3. The van der Waals surface area contributed by atoms with Gasteiger partial charge in [-0.3, -0.25) is 9.98 Å². The average Bonchev–Trinajstić information content (AvgIpc) is 2.27. The molecule has 0 aliphatic carbocycles. The van der Waals surface area contributed by atoms with Crippen LogP contribution in [0.1, 0.15) is 18.2 Å². The fraction of sp³-hybridized carbons (Fsp3) is 0.455. The van der Waals surface area contributed by atoms with E-state index in [0.29, 0.717) is 6.54 Å². The van der Waals surface area contributed by atoms with Gasteiger partial charge in [-0.15, -0.1) is 0 Å². The second-order valence-corrected chi connectivity index (χ2v) is 3.12. The van der Waals surface area contributed by atoms with Crippen LogP contribution in [-0.2, 0) is 6.54 Å². The summed E-state index contributed by atoms with van der Waals surface area (Å²) >= 11 is 0. The lowest BCUT2D eigenvalue weighted by Gasteiger charge is -2.01. The zero-order valence-electron chi connectivity index (χ0n) is 8.98. The van der Waals surface area contributed by atoms with E-state index in [-0.39, 0.29) is 6.61 Å². The van der Waals surface area contributed by atoms with Crippen LogP contribution in [0, 0.1) is 0 Å². The van der Waals surface area contributed by atoms with Crippen molar-refractivity contribution < 1.29 is 5.11 Å². The average molecular weight is 207 g/mol. The SMILES string of the molecule is CCNCc1cc(C=NCCO)ccn1. The second kappa shape index (κ2) is 7.09. The fourth-order valence-electron chi connectivity index (χ4n) is 1.15. The van der Waals surface area contributed by atoms with E-state index in [1.807, 2.05) is 12.1 Å². The van der Waals surface area contributed by atoms with Gasteiger partial charge in [-0.1, -0.05) is 6.92 Å². The maximum atomic E-state index is 8.58. The zero-order valence-corrected chi connectivity index (χ0v) is 8.98. The molecule has 0 fully saturated rings. The monoisotopic (exact) mass is 207 g/mol. The molecule has 0 bridgehead atoms. The van der Waals surface area contributed by atoms with Crippen molar-refractivity contribution in [2.45, 2.75) is 13.5 Å². The Kier molecular flexibility index (Phi) is 5.58. The van der Waals surface area contributed by atoms with Crippen LogP contribution >= 0.6 is 0 Å². The quantitative estimate of drug-likeness (QED) is 0.672. The highest BCUT2D eigenvalue weighted by Gasteiger charge is 1.94. The number of hydrogen-bond acceptors (Lipinski definition) is 4. The van der Waals surface area contributed by atoms with Crippen LogP contribution in [0.4, 0.5) is 0 Å². The standard InChI is InChI=1S/C11H17N3O/c1-2-12-9-11-7-10(3-4-14-11)8-13-5-6-15/h3-4,7-8,12,15H,2,5-6,9H2,1H3. The third kappa shape index (κ3) is 4.67. The van der Waals surface area contributed by atoms with Crippen molar-refractivity contribution in [2.75, 3.05) is 19.7 Å². The van der Waals surface area contributed by atoms with Crippen LogP contribution in [0.25, 0.3) is 0 Å². The summed E-state index contributed by atoms with van der Waals surface area (Å²) in [5.41, 5.74) is 2.02. The lowest BCUT2D eigenvalue weighted by atomic mass is 10.2. The van der Waals surface area contributed by atoms with Crippen LogP contribution in [0.5, 0.6) is 0 Å². The molecule has 0 aliphatic heterocycles. The number of pyridine rings is 1. The molecule has 0 unspecified atom stereocenters. The normalized spacial score (nSPS) is 11.1. The number of nitrogens with one attached hydrogen (secondary N) is 1. The smallest absolute Gasteiger partial charge is 0.0626 e. The molecule has 0 radical (unpaired) electrons. The number of hydrogen-bond donors (Lipinski definition) is 2. The summed E-state index contributed by atoms with van der Waals surface area (Å²) in [5, 5.41) is 11.8. The number of aromatic nitrogens is 1. The molecule has 1 heterocycles. The molecular weight excluding hydrogens is 190 g/mol. The van der Waals surface area contributed by atoms with Gasteiger partial charge in [0.1, 0.15) is 0 Å². The molecule has 82 valence electrons. The molecule has 0 aromatic carbocycles. The number of aliphatic imine (C=N–C) groups is 1. The Balaban J connectivity index is 2.57. The van der Waals surface area contributed by atoms with Crippen molar-refractivity contribution in [3.8, 4) is 0 Å². The predicted molar refractivity (Wildman–Crippen MR) is 61.2 cm³/mol. The maximum Gasteiger partial charge on any atom is 0.0626 e. The number of aliphatic hydroxyl groups is 1. The summed E-state index contributed by atoms with van der Waals surface area (Å²) in [7, 11) is 0. The van der Waals surface area contributed by atoms with E-state index in [0.717, 1.165) is 24.3 Å². The predicted octanol–water partition coefficient (Wildman–Crippen LogP) is 0.602. The minimum atomic E-state index is 0.0891. The first-order valence-electron chi connectivity index (χ1n) is 5.13. The van der Waals surface area contributed by atoms with Gasteiger partial charge in [0.2, 0.25) is 0 Å². The van der Waals surface area contributed by atoms with Gasteiger partial charge in [0.25, 0.3) is 0 Å². The largest absolute Gasteiger partial charge is 0.394 e. The first-order chi connectivity index (χ1) is 7.36. The van der Waals surface area contributed by atoms with Gasteiger partial charge in [-0.2, -0.15) is 0 Å². The topological polar surface area (TPSA) is 57.5 Å². The second-order valence-electron chi connectivity index (χ2n) is 3.12. The molecule has 4 heteroatoms. The third-order valence-corrected chi connectivity index (χ3v) is 1.87. The first kappa shape index (κ1) is 11.8. The van der Waals surface area contributed by atoms with Crippen LogP contribution in [0.3, 0.4) is 0 Å². The van der Waals surface area contributed by atoms with Crippen molar-refractivity contribution >= 4 is 6.21 Å². The highest BCUT2D eigenvalue weighted by Crippen LogP contribution is 1.99. The Bertz CT molecular complexity index is 312. The van der Waals surface area contributed by atoms with Gasteiger partial charge in [-0.05, 0) is 24.2 Å². The minimum Gasteiger partial charge on any atom is -0.394 e. The molecule has 1 aromatic rings. The van der Waals surface area contributed by atoms with Crippen molar-refractivity contribution in [3.05, 3.63) is 29.6 Å². The van der Waals surface area contributed by atoms with E-state index in [9.17, 15) is 0 Å².